The van der Waals surface area contributed by atoms with Crippen molar-refractivity contribution in [2.45, 2.75) is 32.4 Å². The minimum atomic E-state index is -0.916. The van der Waals surface area contributed by atoms with Crippen LogP contribution in [0.15, 0.2) is 84.0 Å². The summed E-state index contributed by atoms with van der Waals surface area (Å²) in [5.74, 6) is -0.675. The molecule has 7 heteroatoms. The van der Waals surface area contributed by atoms with Crippen LogP contribution in [0, 0.1) is 0 Å². The quantitative estimate of drug-likeness (QED) is 0.341. The standard InChI is InChI=1S/C26H27N3O4/c1-18(16-20-10-4-3-5-11-20)28-26(32)22-13-7-8-14-23(22)29-25(31)19(2)33-27-17-21-12-6-9-15-24(21)30/h3-15,17-19,30H,16H2,1-2H3,(H,28,32)(H,29,31)/b27-17+/t18-,19+/m0/s1. The minimum absolute atomic E-state index is 0.0587. The van der Waals surface area contributed by atoms with Gasteiger partial charge in [0, 0.05) is 11.6 Å². The normalized spacial score (nSPS) is 12.7. The number of nitrogens with zero attached hydrogens (tertiary/aromatic N) is 1. The van der Waals surface area contributed by atoms with E-state index in [2.05, 4.69) is 15.8 Å². The zero-order valence-electron chi connectivity index (χ0n) is 18.6. The topological polar surface area (TPSA) is 100 Å². The van der Waals surface area contributed by atoms with E-state index in [9.17, 15) is 14.7 Å². The van der Waals surface area contributed by atoms with Crippen molar-refractivity contribution in [2.24, 2.45) is 5.16 Å². The highest BCUT2D eigenvalue weighted by molar-refractivity contribution is 6.04. The third-order valence-electron chi connectivity index (χ3n) is 4.91. The summed E-state index contributed by atoms with van der Waals surface area (Å²) in [6.07, 6.45) is 1.11. The van der Waals surface area contributed by atoms with E-state index >= 15 is 0 Å². The summed E-state index contributed by atoms with van der Waals surface area (Å²) in [6, 6.07) is 23.2. The number of phenolic OH excluding ortho intramolecular Hbond substituents is 1. The van der Waals surface area contributed by atoms with Crippen LogP contribution in [-0.2, 0) is 16.1 Å². The molecular formula is C26H27N3O4. The molecule has 0 bridgehead atoms. The van der Waals surface area contributed by atoms with E-state index in [0.717, 1.165) is 5.56 Å². The van der Waals surface area contributed by atoms with Crippen LogP contribution in [0.1, 0.15) is 35.3 Å². The van der Waals surface area contributed by atoms with Gasteiger partial charge in [-0.15, -0.1) is 0 Å². The first-order valence-corrected chi connectivity index (χ1v) is 10.7. The van der Waals surface area contributed by atoms with Crippen LogP contribution in [0.25, 0.3) is 0 Å². The predicted octanol–water partition coefficient (Wildman–Crippen LogP) is 4.13. The van der Waals surface area contributed by atoms with Crippen LogP contribution in [0.3, 0.4) is 0 Å². The van der Waals surface area contributed by atoms with Crippen LogP contribution in [-0.4, -0.2) is 35.3 Å². The molecule has 0 fully saturated rings. The molecule has 0 aliphatic rings. The number of nitrogens with one attached hydrogen (secondary N) is 2. The summed E-state index contributed by atoms with van der Waals surface area (Å²) >= 11 is 0. The van der Waals surface area contributed by atoms with Gasteiger partial charge in [-0.1, -0.05) is 59.8 Å². The molecule has 0 saturated heterocycles. The molecule has 0 heterocycles. The summed E-state index contributed by atoms with van der Waals surface area (Å²) < 4.78 is 0. The SMILES string of the molecule is C[C@@H](Cc1ccccc1)NC(=O)c1ccccc1NC(=O)[C@@H](C)O/N=C/c1ccccc1O. The Morgan fingerprint density at radius 1 is 0.970 bits per heavy atom. The lowest BCUT2D eigenvalue weighted by Gasteiger charge is -2.17. The molecule has 0 saturated carbocycles. The largest absolute Gasteiger partial charge is 0.507 e. The number of oxime groups is 1. The van der Waals surface area contributed by atoms with Crippen molar-refractivity contribution in [1.29, 1.82) is 0 Å². The van der Waals surface area contributed by atoms with Crippen LogP contribution < -0.4 is 10.6 Å². The Morgan fingerprint density at radius 3 is 2.39 bits per heavy atom. The Bertz CT molecular complexity index is 1120. The Balaban J connectivity index is 1.59. The monoisotopic (exact) mass is 445 g/mol. The third-order valence-corrected chi connectivity index (χ3v) is 4.91. The van der Waals surface area contributed by atoms with E-state index in [-0.39, 0.29) is 17.7 Å². The Kier molecular flexibility index (Phi) is 8.18. The number of rotatable bonds is 9. The number of benzene rings is 3. The van der Waals surface area contributed by atoms with E-state index in [0.29, 0.717) is 23.2 Å². The maximum Gasteiger partial charge on any atom is 0.268 e. The lowest BCUT2D eigenvalue weighted by Crippen LogP contribution is -2.35. The highest BCUT2D eigenvalue weighted by atomic mass is 16.6. The number of phenols is 1. The molecule has 0 spiro atoms. The zero-order valence-corrected chi connectivity index (χ0v) is 18.6. The molecule has 170 valence electrons. The molecular weight excluding hydrogens is 418 g/mol. The fraction of sp³-hybridized carbons (Fsp3) is 0.192. The van der Waals surface area contributed by atoms with Gasteiger partial charge in [-0.25, -0.2) is 0 Å². The van der Waals surface area contributed by atoms with Crippen molar-refractivity contribution in [3.8, 4) is 5.75 Å². The highest BCUT2D eigenvalue weighted by Crippen LogP contribution is 2.17. The van der Waals surface area contributed by atoms with Crippen LogP contribution in [0.4, 0.5) is 5.69 Å². The van der Waals surface area contributed by atoms with E-state index in [4.69, 9.17) is 4.84 Å². The van der Waals surface area contributed by atoms with Crippen molar-refractivity contribution in [2.75, 3.05) is 5.32 Å². The second-order valence-electron chi connectivity index (χ2n) is 7.64. The van der Waals surface area contributed by atoms with Gasteiger partial charge in [-0.3, -0.25) is 9.59 Å². The lowest BCUT2D eigenvalue weighted by molar-refractivity contribution is -0.126. The summed E-state index contributed by atoms with van der Waals surface area (Å²) in [6.45, 7) is 3.48. The first-order chi connectivity index (χ1) is 15.9. The van der Waals surface area contributed by atoms with Crippen LogP contribution in [0.5, 0.6) is 5.75 Å². The highest BCUT2D eigenvalue weighted by Gasteiger charge is 2.19. The zero-order chi connectivity index (χ0) is 23.6. The summed E-state index contributed by atoms with van der Waals surface area (Å²) in [4.78, 5) is 30.6. The fourth-order valence-electron chi connectivity index (χ4n) is 3.17. The van der Waals surface area contributed by atoms with Crippen molar-refractivity contribution in [3.63, 3.8) is 0 Å². The average Bonchev–Trinajstić information content (AvgIpc) is 2.81. The van der Waals surface area contributed by atoms with Gasteiger partial charge >= 0.3 is 0 Å². The molecule has 0 radical (unpaired) electrons. The maximum absolute atomic E-state index is 12.8. The minimum Gasteiger partial charge on any atom is -0.507 e. The molecule has 33 heavy (non-hydrogen) atoms. The van der Waals surface area contributed by atoms with E-state index in [1.165, 1.54) is 12.3 Å². The molecule has 3 aromatic rings. The number of para-hydroxylation sites is 2. The Morgan fingerprint density at radius 2 is 1.64 bits per heavy atom. The molecule has 3 rings (SSSR count). The number of hydrogen-bond donors (Lipinski definition) is 3. The van der Waals surface area contributed by atoms with Crippen molar-refractivity contribution < 1.29 is 19.5 Å². The van der Waals surface area contributed by atoms with Crippen molar-refractivity contribution in [3.05, 3.63) is 95.6 Å². The fourth-order valence-corrected chi connectivity index (χ4v) is 3.17. The molecule has 0 aromatic heterocycles. The number of hydrogen-bond acceptors (Lipinski definition) is 5. The Labute approximate surface area is 193 Å². The molecule has 3 N–H and O–H groups in total. The van der Waals surface area contributed by atoms with Crippen molar-refractivity contribution >= 4 is 23.7 Å². The van der Waals surface area contributed by atoms with Gasteiger partial charge in [0.15, 0.2) is 0 Å². The van der Waals surface area contributed by atoms with E-state index < -0.39 is 12.0 Å². The van der Waals surface area contributed by atoms with Gasteiger partial charge in [0.05, 0.1) is 17.5 Å². The second-order valence-corrected chi connectivity index (χ2v) is 7.64. The third kappa shape index (κ3) is 6.93. The summed E-state index contributed by atoms with van der Waals surface area (Å²) in [5.41, 5.74) is 2.33. The number of carbonyl (C=O) groups is 2. The van der Waals surface area contributed by atoms with Gasteiger partial charge < -0.3 is 20.6 Å². The van der Waals surface area contributed by atoms with Crippen LogP contribution >= 0.6 is 0 Å². The predicted molar refractivity (Wildman–Crippen MR) is 128 cm³/mol. The van der Waals surface area contributed by atoms with E-state index in [1.54, 1.807) is 49.4 Å². The summed E-state index contributed by atoms with van der Waals surface area (Å²) in [5, 5.41) is 19.2. The average molecular weight is 446 g/mol. The van der Waals surface area contributed by atoms with Gasteiger partial charge in [0.2, 0.25) is 6.10 Å². The van der Waals surface area contributed by atoms with Crippen LogP contribution in [0.2, 0.25) is 0 Å². The Hall–Kier alpha value is -4.13. The van der Waals surface area contributed by atoms with Gasteiger partial charge in [-0.2, -0.15) is 0 Å². The van der Waals surface area contributed by atoms with Gasteiger partial charge in [0.25, 0.3) is 11.8 Å². The molecule has 0 unspecified atom stereocenters. The maximum atomic E-state index is 12.8. The molecule has 0 aliphatic carbocycles. The number of anilines is 1. The molecule has 0 aliphatic heterocycles. The lowest BCUT2D eigenvalue weighted by atomic mass is 10.1. The second kappa shape index (κ2) is 11.5. The number of aromatic hydroxyl groups is 1. The molecule has 2 amide bonds. The number of carbonyl (C=O) groups excluding carboxylic acids is 2. The molecule has 2 atom stereocenters. The van der Waals surface area contributed by atoms with Crippen molar-refractivity contribution in [1.82, 2.24) is 5.32 Å². The number of amides is 2. The van der Waals surface area contributed by atoms with Gasteiger partial charge in [-0.05, 0) is 50.1 Å². The van der Waals surface area contributed by atoms with E-state index in [1.807, 2.05) is 37.3 Å². The first kappa shape index (κ1) is 23.5. The van der Waals surface area contributed by atoms with Gasteiger partial charge in [0.1, 0.15) is 5.75 Å². The first-order valence-electron chi connectivity index (χ1n) is 10.7. The smallest absolute Gasteiger partial charge is 0.268 e. The molecule has 3 aromatic carbocycles. The molecule has 7 nitrogen and oxygen atoms in total. The summed E-state index contributed by atoms with van der Waals surface area (Å²) in [7, 11) is 0.